The van der Waals surface area contributed by atoms with E-state index in [0.717, 1.165) is 50.6 Å². The van der Waals surface area contributed by atoms with Gasteiger partial charge in [0.15, 0.2) is 5.69 Å². The topological polar surface area (TPSA) is 81.5 Å². The second-order valence-electron chi connectivity index (χ2n) is 7.49. The summed E-state index contributed by atoms with van der Waals surface area (Å²) in [5.41, 5.74) is 3.71. The Labute approximate surface area is 181 Å². The van der Waals surface area contributed by atoms with Crippen LogP contribution in [0.25, 0.3) is 5.69 Å². The average molecular weight is 422 g/mol. The number of hydrogen-bond donors (Lipinski definition) is 1. The molecule has 8 nitrogen and oxygen atoms in total. The van der Waals surface area contributed by atoms with Gasteiger partial charge in [0.2, 0.25) is 0 Å². The standard InChI is InChI=1S/C23H27N5O3/c1-17-22(25-26-28(17)20-4-3-5-21(16-20)30-2)23(29)24-19-8-6-18(7-9-19)10-11-27-12-14-31-15-13-27/h3-9,16H,10-15H2,1-2H3,(H,24,29). The maximum Gasteiger partial charge on any atom is 0.278 e. The molecule has 1 N–H and O–H groups in total. The van der Waals surface area contributed by atoms with Gasteiger partial charge in [0.1, 0.15) is 5.75 Å². The van der Waals surface area contributed by atoms with Gasteiger partial charge in [-0.15, -0.1) is 5.10 Å². The molecule has 2 aromatic carbocycles. The largest absolute Gasteiger partial charge is 0.497 e. The molecule has 1 amide bonds. The lowest BCUT2D eigenvalue weighted by Gasteiger charge is -2.26. The van der Waals surface area contributed by atoms with E-state index in [1.54, 1.807) is 11.8 Å². The second-order valence-corrected chi connectivity index (χ2v) is 7.49. The third-order valence-electron chi connectivity index (χ3n) is 5.44. The minimum Gasteiger partial charge on any atom is -0.497 e. The van der Waals surface area contributed by atoms with E-state index in [1.165, 1.54) is 5.56 Å². The average Bonchev–Trinajstić information content (AvgIpc) is 3.20. The summed E-state index contributed by atoms with van der Waals surface area (Å²) in [7, 11) is 1.61. The van der Waals surface area contributed by atoms with Crippen LogP contribution in [0.4, 0.5) is 5.69 Å². The van der Waals surface area contributed by atoms with E-state index in [9.17, 15) is 4.79 Å². The molecule has 8 heteroatoms. The number of anilines is 1. The summed E-state index contributed by atoms with van der Waals surface area (Å²) in [6, 6.07) is 15.4. The number of nitrogens with one attached hydrogen (secondary N) is 1. The molecule has 3 aromatic rings. The summed E-state index contributed by atoms with van der Waals surface area (Å²) in [6.07, 6.45) is 0.974. The number of amides is 1. The molecule has 0 spiro atoms. The van der Waals surface area contributed by atoms with Crippen molar-refractivity contribution in [3.05, 3.63) is 65.5 Å². The summed E-state index contributed by atoms with van der Waals surface area (Å²) in [5, 5.41) is 11.1. The third kappa shape index (κ3) is 5.10. The molecule has 2 heterocycles. The van der Waals surface area contributed by atoms with Crippen molar-refractivity contribution < 1.29 is 14.3 Å². The van der Waals surface area contributed by atoms with Crippen molar-refractivity contribution in [3.8, 4) is 11.4 Å². The zero-order chi connectivity index (χ0) is 21.6. The van der Waals surface area contributed by atoms with Crippen LogP contribution in [-0.2, 0) is 11.2 Å². The normalized spacial score (nSPS) is 14.4. The summed E-state index contributed by atoms with van der Waals surface area (Å²) in [6.45, 7) is 6.44. The van der Waals surface area contributed by atoms with E-state index < -0.39 is 0 Å². The number of carbonyl (C=O) groups excluding carboxylic acids is 1. The van der Waals surface area contributed by atoms with E-state index >= 15 is 0 Å². The Morgan fingerprint density at radius 2 is 1.94 bits per heavy atom. The fourth-order valence-corrected chi connectivity index (χ4v) is 3.58. The number of morpholine rings is 1. The van der Waals surface area contributed by atoms with Gasteiger partial charge in [-0.3, -0.25) is 9.69 Å². The molecule has 1 aliphatic heterocycles. The molecule has 1 saturated heterocycles. The summed E-state index contributed by atoms with van der Waals surface area (Å²) < 4.78 is 12.3. The van der Waals surface area contributed by atoms with Crippen molar-refractivity contribution in [1.29, 1.82) is 0 Å². The van der Waals surface area contributed by atoms with Gasteiger partial charge in [-0.05, 0) is 43.2 Å². The molecule has 1 aromatic heterocycles. The van der Waals surface area contributed by atoms with E-state index in [4.69, 9.17) is 9.47 Å². The molecule has 162 valence electrons. The van der Waals surface area contributed by atoms with Crippen molar-refractivity contribution in [2.24, 2.45) is 0 Å². The second kappa shape index (κ2) is 9.72. The molecule has 1 aliphatic rings. The molecule has 0 radical (unpaired) electrons. The molecule has 0 unspecified atom stereocenters. The fourth-order valence-electron chi connectivity index (χ4n) is 3.58. The molecule has 31 heavy (non-hydrogen) atoms. The number of benzene rings is 2. The van der Waals surface area contributed by atoms with Crippen molar-refractivity contribution in [3.63, 3.8) is 0 Å². The minimum absolute atomic E-state index is 0.285. The van der Waals surface area contributed by atoms with Crippen molar-refractivity contribution >= 4 is 11.6 Å². The molecular weight excluding hydrogens is 394 g/mol. The van der Waals surface area contributed by atoms with Crippen LogP contribution in [0.1, 0.15) is 21.7 Å². The smallest absolute Gasteiger partial charge is 0.278 e. The van der Waals surface area contributed by atoms with Crippen LogP contribution in [0.3, 0.4) is 0 Å². The van der Waals surface area contributed by atoms with Crippen molar-refractivity contribution in [2.75, 3.05) is 45.3 Å². The fraction of sp³-hybridized carbons (Fsp3) is 0.348. The molecule has 4 rings (SSSR count). The highest BCUT2D eigenvalue weighted by molar-refractivity contribution is 6.03. The molecule has 0 aliphatic carbocycles. The Morgan fingerprint density at radius 3 is 2.68 bits per heavy atom. The number of hydrogen-bond acceptors (Lipinski definition) is 6. The first-order valence-electron chi connectivity index (χ1n) is 10.4. The van der Waals surface area contributed by atoms with Crippen LogP contribution in [0.5, 0.6) is 5.75 Å². The first-order chi connectivity index (χ1) is 15.1. The lowest BCUT2D eigenvalue weighted by molar-refractivity contribution is 0.0384. The Morgan fingerprint density at radius 1 is 1.16 bits per heavy atom. The maximum absolute atomic E-state index is 12.7. The van der Waals surface area contributed by atoms with Gasteiger partial charge in [-0.2, -0.15) is 0 Å². The van der Waals surface area contributed by atoms with E-state index in [1.807, 2.05) is 43.3 Å². The highest BCUT2D eigenvalue weighted by Crippen LogP contribution is 2.19. The predicted octanol–water partition coefficient (Wildman–Crippen LogP) is 2.71. The van der Waals surface area contributed by atoms with Gasteiger partial charge in [-0.1, -0.05) is 23.4 Å². The Kier molecular flexibility index (Phi) is 6.59. The highest BCUT2D eigenvalue weighted by atomic mass is 16.5. The molecular formula is C23H27N5O3. The number of rotatable bonds is 7. The summed E-state index contributed by atoms with van der Waals surface area (Å²) in [4.78, 5) is 15.2. The van der Waals surface area contributed by atoms with Gasteiger partial charge in [-0.25, -0.2) is 4.68 Å². The molecule has 0 bridgehead atoms. The van der Waals surface area contributed by atoms with E-state index in [0.29, 0.717) is 17.1 Å². The number of aromatic nitrogens is 3. The van der Waals surface area contributed by atoms with Crippen LogP contribution in [0, 0.1) is 6.92 Å². The number of nitrogens with zero attached hydrogens (tertiary/aromatic N) is 4. The van der Waals surface area contributed by atoms with E-state index in [-0.39, 0.29) is 5.91 Å². The number of methoxy groups -OCH3 is 1. The lowest BCUT2D eigenvalue weighted by atomic mass is 10.1. The lowest BCUT2D eigenvalue weighted by Crippen LogP contribution is -2.37. The zero-order valence-electron chi connectivity index (χ0n) is 17.9. The minimum atomic E-state index is -0.285. The Balaban J connectivity index is 1.38. The third-order valence-corrected chi connectivity index (χ3v) is 5.44. The van der Waals surface area contributed by atoms with Gasteiger partial charge in [0.05, 0.1) is 31.7 Å². The van der Waals surface area contributed by atoms with Crippen LogP contribution >= 0.6 is 0 Å². The Hall–Kier alpha value is -3.23. The van der Waals surface area contributed by atoms with E-state index in [2.05, 4.69) is 32.7 Å². The molecule has 0 atom stereocenters. The molecule has 1 fully saturated rings. The quantitative estimate of drug-likeness (QED) is 0.632. The van der Waals surface area contributed by atoms with Gasteiger partial charge in [0, 0.05) is 31.4 Å². The zero-order valence-corrected chi connectivity index (χ0v) is 17.9. The van der Waals surface area contributed by atoms with Gasteiger partial charge >= 0.3 is 0 Å². The first-order valence-corrected chi connectivity index (χ1v) is 10.4. The van der Waals surface area contributed by atoms with Gasteiger partial charge < -0.3 is 14.8 Å². The predicted molar refractivity (Wildman–Crippen MR) is 118 cm³/mol. The van der Waals surface area contributed by atoms with Crippen molar-refractivity contribution in [1.82, 2.24) is 19.9 Å². The van der Waals surface area contributed by atoms with Crippen LogP contribution in [-0.4, -0.2) is 65.8 Å². The number of ether oxygens (including phenoxy) is 2. The van der Waals surface area contributed by atoms with Gasteiger partial charge in [0.25, 0.3) is 5.91 Å². The number of carbonyl (C=O) groups is 1. The summed E-state index contributed by atoms with van der Waals surface area (Å²) >= 11 is 0. The monoisotopic (exact) mass is 421 g/mol. The molecule has 0 saturated carbocycles. The SMILES string of the molecule is COc1cccc(-n2nnc(C(=O)Nc3ccc(CCN4CCOCC4)cc3)c2C)c1. The van der Waals surface area contributed by atoms with Crippen LogP contribution in [0.15, 0.2) is 48.5 Å². The first kappa shape index (κ1) is 21.0. The summed E-state index contributed by atoms with van der Waals surface area (Å²) in [5.74, 6) is 0.430. The van der Waals surface area contributed by atoms with Crippen molar-refractivity contribution in [2.45, 2.75) is 13.3 Å². The van der Waals surface area contributed by atoms with Crippen LogP contribution < -0.4 is 10.1 Å². The Bertz CT molecular complexity index is 1030. The maximum atomic E-state index is 12.7. The van der Waals surface area contributed by atoms with Crippen LogP contribution in [0.2, 0.25) is 0 Å². The highest BCUT2D eigenvalue weighted by Gasteiger charge is 2.18.